The number of para-hydroxylation sites is 1. The van der Waals surface area contributed by atoms with Crippen LogP contribution in [0.2, 0.25) is 5.02 Å². The first-order valence-corrected chi connectivity index (χ1v) is 12.5. The first-order valence-electron chi connectivity index (χ1n) is 11.3. The minimum Gasteiger partial charge on any atom is -0.450 e. The van der Waals surface area contributed by atoms with Crippen molar-refractivity contribution in [3.63, 3.8) is 0 Å². The van der Waals surface area contributed by atoms with Crippen molar-refractivity contribution in [3.8, 4) is 0 Å². The number of anilines is 2. The molecule has 36 heavy (non-hydrogen) atoms. The predicted octanol–water partition coefficient (Wildman–Crippen LogP) is 4.86. The van der Waals surface area contributed by atoms with E-state index < -0.39 is 22.8 Å². The molecule has 2 aliphatic heterocycles. The average molecular weight is 519 g/mol. The van der Waals surface area contributed by atoms with Gasteiger partial charge in [-0.15, -0.1) is 16.8 Å². The Bertz CT molecular complexity index is 1680. The molecule has 0 aliphatic carbocycles. The molecule has 4 heterocycles. The second kappa shape index (κ2) is 7.84. The van der Waals surface area contributed by atoms with E-state index in [1.54, 1.807) is 36.4 Å². The van der Waals surface area contributed by atoms with E-state index in [0.717, 1.165) is 0 Å². The topological polar surface area (TPSA) is 96.6 Å². The summed E-state index contributed by atoms with van der Waals surface area (Å²) in [7, 11) is 0. The maximum atomic E-state index is 14.4. The number of halogens is 1. The summed E-state index contributed by atoms with van der Waals surface area (Å²) in [5.41, 5.74) is -1.09. The first kappa shape index (κ1) is 22.6. The summed E-state index contributed by atoms with van der Waals surface area (Å²) in [4.78, 5) is 45.3. The van der Waals surface area contributed by atoms with Gasteiger partial charge in [0, 0.05) is 23.0 Å². The summed E-state index contributed by atoms with van der Waals surface area (Å²) in [6.07, 6.45) is 1.60. The highest BCUT2D eigenvalue weighted by Crippen LogP contribution is 2.54. The van der Waals surface area contributed by atoms with Crippen molar-refractivity contribution >= 4 is 56.5 Å². The highest BCUT2D eigenvalue weighted by atomic mass is 35.5. The molecule has 0 fully saturated rings. The van der Waals surface area contributed by atoms with E-state index >= 15 is 0 Å². The number of carbonyl (C=O) groups excluding carboxylic acids is 2. The van der Waals surface area contributed by atoms with Crippen LogP contribution in [0, 0.1) is 0 Å². The predicted molar refractivity (Wildman–Crippen MR) is 138 cm³/mol. The Kier molecular flexibility index (Phi) is 4.93. The first-order chi connectivity index (χ1) is 17.3. The highest BCUT2D eigenvalue weighted by molar-refractivity contribution is 7.15. The van der Waals surface area contributed by atoms with Gasteiger partial charge in [0.1, 0.15) is 10.6 Å². The molecule has 0 saturated carbocycles. The number of benzene rings is 2. The molecule has 2 aromatic heterocycles. The lowest BCUT2D eigenvalue weighted by Crippen LogP contribution is -2.53. The van der Waals surface area contributed by atoms with Crippen molar-refractivity contribution in [1.29, 1.82) is 0 Å². The molecule has 0 saturated heterocycles. The van der Waals surface area contributed by atoms with Crippen molar-refractivity contribution in [2.75, 3.05) is 16.3 Å². The largest absolute Gasteiger partial charge is 0.450 e. The summed E-state index contributed by atoms with van der Waals surface area (Å²) in [6, 6.07) is 11.7. The second-order valence-electron chi connectivity index (χ2n) is 8.93. The van der Waals surface area contributed by atoms with E-state index in [1.165, 1.54) is 33.3 Å². The van der Waals surface area contributed by atoms with Crippen LogP contribution in [0.5, 0.6) is 0 Å². The summed E-state index contributed by atoms with van der Waals surface area (Å²) in [5.74, 6) is -1.24. The molecular formula is C26H19ClN4O4S. The van der Waals surface area contributed by atoms with Gasteiger partial charge in [-0.05, 0) is 24.3 Å². The molecule has 2 aromatic carbocycles. The number of fused-ring (bicyclic) bond motifs is 5. The molecule has 2 aliphatic rings. The van der Waals surface area contributed by atoms with Crippen LogP contribution < -0.4 is 15.2 Å². The summed E-state index contributed by atoms with van der Waals surface area (Å²) in [5, 5.41) is 9.95. The van der Waals surface area contributed by atoms with Gasteiger partial charge in [-0.3, -0.25) is 19.3 Å². The fraction of sp³-hybridized carbons (Fsp3) is 0.192. The number of aromatic nitrogens is 2. The maximum absolute atomic E-state index is 14.4. The van der Waals surface area contributed by atoms with Crippen molar-refractivity contribution in [2.45, 2.75) is 25.3 Å². The zero-order valence-electron chi connectivity index (χ0n) is 19.3. The lowest BCUT2D eigenvalue weighted by atomic mass is 9.84. The zero-order valence-corrected chi connectivity index (χ0v) is 20.9. The highest BCUT2D eigenvalue weighted by Gasteiger charge is 2.66. The molecule has 1 atom stereocenters. The van der Waals surface area contributed by atoms with Crippen LogP contribution in [0.4, 0.5) is 10.8 Å². The normalized spacial score (nSPS) is 18.6. The van der Waals surface area contributed by atoms with Crippen molar-refractivity contribution in [1.82, 2.24) is 10.2 Å². The van der Waals surface area contributed by atoms with Gasteiger partial charge >= 0.3 is 0 Å². The van der Waals surface area contributed by atoms with Gasteiger partial charge in [-0.2, -0.15) is 0 Å². The van der Waals surface area contributed by atoms with Gasteiger partial charge in [0.25, 0.3) is 11.8 Å². The summed E-state index contributed by atoms with van der Waals surface area (Å²) < 4.78 is 6.02. The number of amides is 2. The standard InChI is InChI=1S/C26H19ClN4O4S/c1-4-11-30-17-8-6-5-7-16(17)26(24(30)34)19-20(32)15-12-14(27)9-10-18(15)35-21(19)23(33)31(26)25-29-28-22(36-25)13(2)3/h4-10,12-13H,1,11H2,2-3H3. The summed E-state index contributed by atoms with van der Waals surface area (Å²) in [6.45, 7) is 7.90. The van der Waals surface area contributed by atoms with Crippen LogP contribution in [0.1, 0.15) is 46.5 Å². The molecule has 10 heteroatoms. The minimum absolute atomic E-state index is 0.0485. The number of hydrogen-bond donors (Lipinski definition) is 0. The van der Waals surface area contributed by atoms with Crippen molar-refractivity contribution in [2.24, 2.45) is 0 Å². The van der Waals surface area contributed by atoms with Crippen LogP contribution in [0.25, 0.3) is 11.0 Å². The Morgan fingerprint density at radius 2 is 1.94 bits per heavy atom. The Hall–Kier alpha value is -3.82. The van der Waals surface area contributed by atoms with E-state index in [-0.39, 0.29) is 39.9 Å². The molecule has 2 amide bonds. The molecule has 1 spiro atoms. The molecule has 0 radical (unpaired) electrons. The molecule has 1 unspecified atom stereocenters. The number of nitrogens with zero attached hydrogens (tertiary/aromatic N) is 4. The van der Waals surface area contributed by atoms with Crippen molar-refractivity contribution < 1.29 is 14.0 Å². The van der Waals surface area contributed by atoms with Gasteiger partial charge in [-0.1, -0.05) is 61.1 Å². The van der Waals surface area contributed by atoms with Crippen LogP contribution >= 0.6 is 22.9 Å². The van der Waals surface area contributed by atoms with E-state index in [9.17, 15) is 14.4 Å². The Labute approximate surface area is 214 Å². The van der Waals surface area contributed by atoms with Gasteiger partial charge in [0.2, 0.25) is 10.9 Å². The van der Waals surface area contributed by atoms with Gasteiger partial charge in [0.15, 0.2) is 11.0 Å². The van der Waals surface area contributed by atoms with E-state index in [4.69, 9.17) is 16.0 Å². The Balaban J connectivity index is 1.76. The van der Waals surface area contributed by atoms with E-state index in [2.05, 4.69) is 16.8 Å². The molecule has 8 nitrogen and oxygen atoms in total. The third-order valence-corrected chi connectivity index (χ3v) is 7.96. The van der Waals surface area contributed by atoms with Crippen LogP contribution in [-0.2, 0) is 10.3 Å². The number of rotatable bonds is 4. The lowest BCUT2D eigenvalue weighted by Gasteiger charge is -2.31. The van der Waals surface area contributed by atoms with Crippen LogP contribution in [-0.4, -0.2) is 28.6 Å². The monoisotopic (exact) mass is 518 g/mol. The minimum atomic E-state index is -1.81. The molecule has 0 bridgehead atoms. The van der Waals surface area contributed by atoms with Crippen molar-refractivity contribution in [3.05, 3.63) is 92.3 Å². The van der Waals surface area contributed by atoms with E-state index in [1.807, 2.05) is 13.8 Å². The van der Waals surface area contributed by atoms with Gasteiger partial charge in [-0.25, -0.2) is 0 Å². The third-order valence-electron chi connectivity index (χ3n) is 6.51. The average Bonchev–Trinajstić information content (AvgIpc) is 3.51. The number of hydrogen-bond acceptors (Lipinski definition) is 7. The SMILES string of the molecule is C=CCN1C(=O)C2(c3ccccc31)c1c(oc3ccc(Cl)cc3c1=O)C(=O)N2c1nnc(C(C)C)s1. The molecule has 180 valence electrons. The maximum Gasteiger partial charge on any atom is 0.297 e. The summed E-state index contributed by atoms with van der Waals surface area (Å²) >= 11 is 7.40. The smallest absolute Gasteiger partial charge is 0.297 e. The molecular weight excluding hydrogens is 500 g/mol. The fourth-order valence-corrected chi connectivity index (χ4v) is 6.06. The molecule has 4 aromatic rings. The second-order valence-corrected chi connectivity index (χ2v) is 10.3. The van der Waals surface area contributed by atoms with Crippen LogP contribution in [0.15, 0.2) is 64.3 Å². The molecule has 6 rings (SSSR count). The Morgan fingerprint density at radius 3 is 2.67 bits per heavy atom. The quantitative estimate of drug-likeness (QED) is 0.358. The fourth-order valence-electron chi connectivity index (χ4n) is 5.00. The van der Waals surface area contributed by atoms with Gasteiger partial charge < -0.3 is 9.32 Å². The molecule has 0 N–H and O–H groups in total. The third kappa shape index (κ3) is 2.78. The Morgan fingerprint density at radius 1 is 1.17 bits per heavy atom. The zero-order chi connectivity index (χ0) is 25.4. The number of carbonyl (C=O) groups is 2. The lowest BCUT2D eigenvalue weighted by molar-refractivity contribution is -0.121. The van der Waals surface area contributed by atoms with Crippen LogP contribution in [0.3, 0.4) is 0 Å². The van der Waals surface area contributed by atoms with Gasteiger partial charge in [0.05, 0.1) is 16.6 Å². The van der Waals surface area contributed by atoms with E-state index in [0.29, 0.717) is 21.3 Å².